The molecule has 0 spiro atoms. The first-order chi connectivity index (χ1) is 8.41. The summed E-state index contributed by atoms with van der Waals surface area (Å²) in [6.45, 7) is 0.496. The predicted molar refractivity (Wildman–Crippen MR) is 73.6 cm³/mol. The fourth-order valence-corrected chi connectivity index (χ4v) is 5.23. The van der Waals surface area contributed by atoms with E-state index in [1.54, 1.807) is 0 Å². The summed E-state index contributed by atoms with van der Waals surface area (Å²) in [5, 5.41) is -0.0510. The number of hydrogen-bond donors (Lipinski definition) is 0. The molecule has 1 aromatic rings. The molecule has 1 aliphatic heterocycles. The Kier molecular flexibility index (Phi) is 4.43. The Morgan fingerprint density at radius 2 is 2.00 bits per heavy atom. The molecule has 0 atom stereocenters. The standard InChI is InChI=1S/C9H10BrClN2O3S2/c10-7-5-8(9(11)12-6-7)18(15,16)13-1-3-17(14)4-2-13/h5-6H,1-4H2. The molecule has 1 aliphatic rings. The molecule has 0 amide bonds. The summed E-state index contributed by atoms with van der Waals surface area (Å²) >= 11 is 9.00. The van der Waals surface area contributed by atoms with Crippen LogP contribution >= 0.6 is 27.5 Å². The van der Waals surface area contributed by atoms with Gasteiger partial charge in [-0.2, -0.15) is 4.31 Å². The van der Waals surface area contributed by atoms with E-state index in [1.165, 1.54) is 16.6 Å². The first-order valence-corrected chi connectivity index (χ1v) is 9.17. The van der Waals surface area contributed by atoms with Gasteiger partial charge in [0.05, 0.1) is 0 Å². The van der Waals surface area contributed by atoms with Gasteiger partial charge in [0.2, 0.25) is 10.0 Å². The zero-order valence-electron chi connectivity index (χ0n) is 9.17. The maximum absolute atomic E-state index is 12.3. The van der Waals surface area contributed by atoms with Crippen LogP contribution in [0.5, 0.6) is 0 Å². The molecule has 0 aromatic carbocycles. The van der Waals surface area contributed by atoms with Crippen LogP contribution in [-0.4, -0.2) is 46.5 Å². The average Bonchev–Trinajstić information content (AvgIpc) is 2.32. The van der Waals surface area contributed by atoms with Gasteiger partial charge >= 0.3 is 0 Å². The smallest absolute Gasteiger partial charge is 0.246 e. The Bertz CT molecular complexity index is 583. The first kappa shape index (κ1) is 14.4. The number of pyridine rings is 1. The van der Waals surface area contributed by atoms with Crippen molar-refractivity contribution in [1.29, 1.82) is 0 Å². The molecule has 9 heteroatoms. The summed E-state index contributed by atoms with van der Waals surface area (Å²) in [6, 6.07) is 1.43. The van der Waals surface area contributed by atoms with Crippen molar-refractivity contribution in [1.82, 2.24) is 9.29 Å². The SMILES string of the molecule is O=S1CCN(S(=O)(=O)c2cc(Br)cnc2Cl)CC1. The molecule has 1 aromatic heterocycles. The minimum Gasteiger partial charge on any atom is -0.259 e. The quantitative estimate of drug-likeness (QED) is 0.732. The lowest BCUT2D eigenvalue weighted by Gasteiger charge is -2.25. The topological polar surface area (TPSA) is 67.3 Å². The molecule has 0 N–H and O–H groups in total. The van der Waals surface area contributed by atoms with E-state index in [9.17, 15) is 12.6 Å². The number of halogens is 2. The van der Waals surface area contributed by atoms with Crippen LogP contribution in [0.25, 0.3) is 0 Å². The Balaban J connectivity index is 2.36. The molecule has 100 valence electrons. The monoisotopic (exact) mass is 372 g/mol. The maximum Gasteiger partial charge on any atom is 0.246 e. The van der Waals surface area contributed by atoms with E-state index in [1.807, 2.05) is 0 Å². The Morgan fingerprint density at radius 1 is 1.39 bits per heavy atom. The Labute approximate surface area is 121 Å². The fraction of sp³-hybridized carbons (Fsp3) is 0.444. The van der Waals surface area contributed by atoms with Crippen LogP contribution in [0.15, 0.2) is 21.6 Å². The normalized spacial score (nSPS) is 19.0. The van der Waals surface area contributed by atoms with Gasteiger partial charge in [0, 0.05) is 46.1 Å². The molecule has 18 heavy (non-hydrogen) atoms. The van der Waals surface area contributed by atoms with Crippen molar-refractivity contribution in [2.75, 3.05) is 24.6 Å². The van der Waals surface area contributed by atoms with Crippen LogP contribution in [0.1, 0.15) is 0 Å². The van der Waals surface area contributed by atoms with Gasteiger partial charge in [0.1, 0.15) is 10.0 Å². The van der Waals surface area contributed by atoms with E-state index in [2.05, 4.69) is 20.9 Å². The van der Waals surface area contributed by atoms with Gasteiger partial charge in [-0.15, -0.1) is 0 Å². The Hall–Kier alpha value is -0.0200. The molecule has 2 rings (SSSR count). The molecule has 1 saturated heterocycles. The molecule has 2 heterocycles. The fourth-order valence-electron chi connectivity index (χ4n) is 1.59. The third-order valence-electron chi connectivity index (χ3n) is 2.53. The minimum absolute atomic E-state index is 0.0220. The van der Waals surface area contributed by atoms with Crippen molar-refractivity contribution >= 4 is 48.4 Å². The third-order valence-corrected chi connectivity index (χ3v) is 6.56. The van der Waals surface area contributed by atoms with Crippen molar-refractivity contribution in [3.05, 3.63) is 21.9 Å². The predicted octanol–water partition coefficient (Wildman–Crippen LogP) is 1.25. The van der Waals surface area contributed by atoms with Crippen molar-refractivity contribution in [2.24, 2.45) is 0 Å². The van der Waals surface area contributed by atoms with Crippen molar-refractivity contribution in [3.63, 3.8) is 0 Å². The van der Waals surface area contributed by atoms with E-state index in [0.717, 1.165) is 0 Å². The molecule has 5 nitrogen and oxygen atoms in total. The van der Waals surface area contributed by atoms with Crippen molar-refractivity contribution < 1.29 is 12.6 Å². The maximum atomic E-state index is 12.3. The van der Waals surface area contributed by atoms with Crippen LogP contribution in [0.2, 0.25) is 5.15 Å². The lowest BCUT2D eigenvalue weighted by atomic mass is 10.5. The number of nitrogens with zero attached hydrogens (tertiary/aromatic N) is 2. The van der Waals surface area contributed by atoms with Crippen molar-refractivity contribution in [2.45, 2.75) is 4.90 Å². The van der Waals surface area contributed by atoms with E-state index < -0.39 is 20.8 Å². The minimum atomic E-state index is -3.66. The van der Waals surface area contributed by atoms with Gasteiger partial charge < -0.3 is 0 Å². The highest BCUT2D eigenvalue weighted by Crippen LogP contribution is 2.26. The second kappa shape index (κ2) is 5.54. The van der Waals surface area contributed by atoms with E-state index in [0.29, 0.717) is 16.0 Å². The van der Waals surface area contributed by atoms with Crippen LogP contribution in [0.3, 0.4) is 0 Å². The van der Waals surface area contributed by atoms with Gasteiger partial charge in [0.25, 0.3) is 0 Å². The summed E-state index contributed by atoms with van der Waals surface area (Å²) in [7, 11) is -4.59. The summed E-state index contributed by atoms with van der Waals surface area (Å²) < 4.78 is 37.8. The lowest BCUT2D eigenvalue weighted by Crippen LogP contribution is -2.41. The highest BCUT2D eigenvalue weighted by molar-refractivity contribution is 9.10. The van der Waals surface area contributed by atoms with Crippen molar-refractivity contribution in [3.8, 4) is 0 Å². The number of sulfonamides is 1. The summed E-state index contributed by atoms with van der Waals surface area (Å²) in [5.74, 6) is 0.719. The highest BCUT2D eigenvalue weighted by Gasteiger charge is 2.30. The Morgan fingerprint density at radius 3 is 2.61 bits per heavy atom. The molecule has 0 aliphatic carbocycles. The zero-order valence-corrected chi connectivity index (χ0v) is 13.1. The highest BCUT2D eigenvalue weighted by atomic mass is 79.9. The van der Waals surface area contributed by atoms with E-state index >= 15 is 0 Å². The van der Waals surface area contributed by atoms with E-state index in [4.69, 9.17) is 11.6 Å². The summed E-state index contributed by atoms with van der Waals surface area (Å²) in [6.07, 6.45) is 1.44. The van der Waals surface area contributed by atoms with Crippen LogP contribution < -0.4 is 0 Å². The van der Waals surface area contributed by atoms with Gasteiger partial charge in [-0.1, -0.05) is 11.6 Å². The van der Waals surface area contributed by atoms with E-state index in [-0.39, 0.29) is 23.1 Å². The molecule has 0 radical (unpaired) electrons. The molecular formula is C9H10BrClN2O3S2. The second-order valence-corrected chi connectivity index (χ2v) is 8.57. The number of hydrogen-bond acceptors (Lipinski definition) is 4. The van der Waals surface area contributed by atoms with Gasteiger partial charge in [-0.05, 0) is 22.0 Å². The first-order valence-electron chi connectivity index (χ1n) is 5.07. The molecule has 1 fully saturated rings. The summed E-state index contributed by atoms with van der Waals surface area (Å²) in [4.78, 5) is 3.79. The molecular weight excluding hydrogens is 364 g/mol. The number of aromatic nitrogens is 1. The van der Waals surface area contributed by atoms with Crippen LogP contribution in [-0.2, 0) is 20.8 Å². The third kappa shape index (κ3) is 2.93. The largest absolute Gasteiger partial charge is 0.259 e. The van der Waals surface area contributed by atoms with Gasteiger partial charge in [0.15, 0.2) is 0 Å². The summed E-state index contributed by atoms with van der Waals surface area (Å²) in [5.41, 5.74) is 0. The lowest BCUT2D eigenvalue weighted by molar-refractivity contribution is 0.438. The molecule has 0 bridgehead atoms. The van der Waals surface area contributed by atoms with Gasteiger partial charge in [-0.3, -0.25) is 4.21 Å². The zero-order chi connectivity index (χ0) is 13.3. The van der Waals surface area contributed by atoms with Crippen LogP contribution in [0, 0.1) is 0 Å². The molecule has 0 saturated carbocycles. The van der Waals surface area contributed by atoms with Gasteiger partial charge in [-0.25, -0.2) is 13.4 Å². The van der Waals surface area contributed by atoms with Crippen LogP contribution in [0.4, 0.5) is 0 Å². The number of rotatable bonds is 2. The second-order valence-electron chi connectivity index (χ2n) is 3.69. The average molecular weight is 374 g/mol. The molecule has 0 unspecified atom stereocenters.